The van der Waals surface area contributed by atoms with E-state index in [1.54, 1.807) is 7.11 Å². The number of nitro benzene ring substituents is 1. The van der Waals surface area contributed by atoms with E-state index < -0.39 is 4.92 Å². The van der Waals surface area contributed by atoms with Crippen LogP contribution in [-0.2, 0) is 0 Å². The number of methoxy groups -OCH3 is 1. The van der Waals surface area contributed by atoms with Crippen molar-refractivity contribution >= 4 is 11.5 Å². The second-order valence-electron chi connectivity index (χ2n) is 6.21. The Kier molecular flexibility index (Phi) is 5.35. The lowest BCUT2D eigenvalue weighted by molar-refractivity contribution is -0.384. The van der Waals surface area contributed by atoms with Gasteiger partial charge in [-0.3, -0.25) is 14.9 Å². The Bertz CT molecular complexity index is 941. The van der Waals surface area contributed by atoms with Crippen molar-refractivity contribution in [1.82, 2.24) is 0 Å². The molecule has 0 saturated heterocycles. The van der Waals surface area contributed by atoms with Crippen LogP contribution in [0.25, 0.3) is 0 Å². The van der Waals surface area contributed by atoms with Crippen LogP contribution in [0.15, 0.2) is 65.1 Å². The Hall–Kier alpha value is -3.41. The van der Waals surface area contributed by atoms with Crippen molar-refractivity contribution in [1.29, 1.82) is 0 Å². The van der Waals surface area contributed by atoms with Crippen molar-refractivity contribution in [3.8, 4) is 5.75 Å². The van der Waals surface area contributed by atoms with Gasteiger partial charge in [0.25, 0.3) is 5.69 Å². The number of ketones is 1. The molecule has 27 heavy (non-hydrogen) atoms. The lowest BCUT2D eigenvalue weighted by Crippen LogP contribution is -2.09. The Balaban J connectivity index is 1.88. The SMILES string of the molecule is COc1ccc(C(CC(=O)c2ccc([N+](=O)[O-])cc2)c2ccc(C)o2)cc1. The molecule has 0 amide bonds. The predicted molar refractivity (Wildman–Crippen MR) is 100 cm³/mol. The number of carbonyl (C=O) groups excluding carboxylic acids is 1. The lowest BCUT2D eigenvalue weighted by Gasteiger charge is -2.15. The van der Waals surface area contributed by atoms with Gasteiger partial charge in [0.1, 0.15) is 17.3 Å². The smallest absolute Gasteiger partial charge is 0.269 e. The first-order valence-corrected chi connectivity index (χ1v) is 8.46. The Morgan fingerprint density at radius 1 is 1.07 bits per heavy atom. The van der Waals surface area contributed by atoms with Crippen LogP contribution in [0.2, 0.25) is 0 Å². The summed E-state index contributed by atoms with van der Waals surface area (Å²) in [4.78, 5) is 23.1. The van der Waals surface area contributed by atoms with Gasteiger partial charge in [0.15, 0.2) is 5.78 Å². The molecule has 138 valence electrons. The molecule has 1 unspecified atom stereocenters. The number of rotatable bonds is 7. The van der Waals surface area contributed by atoms with Gasteiger partial charge in [-0.25, -0.2) is 0 Å². The van der Waals surface area contributed by atoms with E-state index >= 15 is 0 Å². The molecule has 6 nitrogen and oxygen atoms in total. The number of nitrogens with zero attached hydrogens (tertiary/aromatic N) is 1. The van der Waals surface area contributed by atoms with Gasteiger partial charge < -0.3 is 9.15 Å². The number of hydrogen-bond acceptors (Lipinski definition) is 5. The predicted octanol–water partition coefficient (Wildman–Crippen LogP) is 4.91. The third kappa shape index (κ3) is 4.23. The minimum Gasteiger partial charge on any atom is -0.497 e. The summed E-state index contributed by atoms with van der Waals surface area (Å²) in [5.74, 6) is 1.83. The molecule has 3 rings (SSSR count). The highest BCUT2D eigenvalue weighted by Crippen LogP contribution is 2.32. The standard InChI is InChI=1S/C21H19NO5/c1-14-3-12-21(27-14)19(15-6-10-18(26-2)11-7-15)13-20(23)16-4-8-17(9-5-16)22(24)25/h3-12,19H,13H2,1-2H3. The highest BCUT2D eigenvalue weighted by atomic mass is 16.6. The van der Waals surface area contributed by atoms with Crippen LogP contribution in [0.3, 0.4) is 0 Å². The quantitative estimate of drug-likeness (QED) is 0.337. The molecule has 3 aromatic rings. The molecule has 0 aliphatic heterocycles. The molecule has 6 heteroatoms. The summed E-state index contributed by atoms with van der Waals surface area (Å²) in [7, 11) is 1.60. The van der Waals surface area contributed by atoms with Crippen LogP contribution < -0.4 is 4.74 Å². The van der Waals surface area contributed by atoms with E-state index in [4.69, 9.17) is 9.15 Å². The van der Waals surface area contributed by atoms with E-state index in [1.807, 2.05) is 43.3 Å². The van der Waals surface area contributed by atoms with Gasteiger partial charge in [-0.1, -0.05) is 12.1 Å². The minimum absolute atomic E-state index is 0.0417. The minimum atomic E-state index is -0.486. The van der Waals surface area contributed by atoms with E-state index in [0.717, 1.165) is 17.1 Å². The van der Waals surface area contributed by atoms with Crippen LogP contribution >= 0.6 is 0 Å². The van der Waals surface area contributed by atoms with Gasteiger partial charge in [-0.05, 0) is 48.9 Å². The van der Waals surface area contributed by atoms with Crippen molar-refractivity contribution in [2.45, 2.75) is 19.3 Å². The molecule has 2 aromatic carbocycles. The normalized spacial score (nSPS) is 11.8. The molecule has 0 fully saturated rings. The summed E-state index contributed by atoms with van der Waals surface area (Å²) >= 11 is 0. The number of furan rings is 1. The maximum Gasteiger partial charge on any atom is 0.269 e. The van der Waals surface area contributed by atoms with Crippen molar-refractivity contribution in [3.05, 3.63) is 93.4 Å². The van der Waals surface area contributed by atoms with E-state index in [9.17, 15) is 14.9 Å². The number of carbonyl (C=O) groups is 1. The van der Waals surface area contributed by atoms with Crippen molar-refractivity contribution in [3.63, 3.8) is 0 Å². The zero-order valence-electron chi connectivity index (χ0n) is 15.0. The summed E-state index contributed by atoms with van der Waals surface area (Å²) < 4.78 is 11.0. The van der Waals surface area contributed by atoms with Crippen molar-refractivity contribution in [2.75, 3.05) is 7.11 Å². The third-order valence-corrected chi connectivity index (χ3v) is 4.41. The first kappa shape index (κ1) is 18.4. The van der Waals surface area contributed by atoms with Gasteiger partial charge in [0, 0.05) is 30.0 Å². The number of aryl methyl sites for hydroxylation is 1. The molecular formula is C21H19NO5. The van der Waals surface area contributed by atoms with Crippen LogP contribution in [0.5, 0.6) is 5.75 Å². The number of Topliss-reactive ketones (excluding diaryl/α,β-unsaturated/α-hetero) is 1. The summed E-state index contributed by atoms with van der Waals surface area (Å²) in [5.41, 5.74) is 1.32. The zero-order chi connectivity index (χ0) is 19.4. The van der Waals surface area contributed by atoms with Gasteiger partial charge in [0.2, 0.25) is 0 Å². The lowest BCUT2D eigenvalue weighted by atomic mass is 9.89. The Morgan fingerprint density at radius 3 is 2.26 bits per heavy atom. The highest BCUT2D eigenvalue weighted by molar-refractivity contribution is 5.97. The fraction of sp³-hybridized carbons (Fsp3) is 0.190. The monoisotopic (exact) mass is 365 g/mol. The molecule has 0 spiro atoms. The summed E-state index contributed by atoms with van der Waals surface area (Å²) in [6, 6.07) is 16.9. The number of nitro groups is 1. The van der Waals surface area contributed by atoms with Crippen molar-refractivity contribution < 1.29 is 18.9 Å². The second-order valence-corrected chi connectivity index (χ2v) is 6.21. The summed E-state index contributed by atoms with van der Waals surface area (Å²) in [6.07, 6.45) is 0.192. The summed E-state index contributed by atoms with van der Waals surface area (Å²) in [5, 5.41) is 10.8. The first-order valence-electron chi connectivity index (χ1n) is 8.46. The average Bonchev–Trinajstić information content (AvgIpc) is 3.12. The Labute approximate surface area is 156 Å². The second kappa shape index (κ2) is 7.86. The average molecular weight is 365 g/mol. The van der Waals surface area contributed by atoms with Gasteiger partial charge in [-0.2, -0.15) is 0 Å². The van der Waals surface area contributed by atoms with E-state index in [1.165, 1.54) is 24.3 Å². The summed E-state index contributed by atoms with van der Waals surface area (Å²) in [6.45, 7) is 1.85. The molecule has 0 saturated carbocycles. The third-order valence-electron chi connectivity index (χ3n) is 4.41. The molecule has 1 atom stereocenters. The van der Waals surface area contributed by atoms with Crippen molar-refractivity contribution in [2.24, 2.45) is 0 Å². The van der Waals surface area contributed by atoms with Gasteiger partial charge >= 0.3 is 0 Å². The molecule has 0 radical (unpaired) electrons. The molecule has 0 N–H and O–H groups in total. The van der Waals surface area contributed by atoms with Crippen LogP contribution in [-0.4, -0.2) is 17.8 Å². The number of benzene rings is 2. The molecule has 1 heterocycles. The van der Waals surface area contributed by atoms with Gasteiger partial charge in [0.05, 0.1) is 12.0 Å². The fourth-order valence-corrected chi connectivity index (χ4v) is 2.93. The first-order chi connectivity index (χ1) is 13.0. The molecule has 1 aromatic heterocycles. The fourth-order valence-electron chi connectivity index (χ4n) is 2.93. The van der Waals surface area contributed by atoms with E-state index in [-0.39, 0.29) is 23.8 Å². The van der Waals surface area contributed by atoms with E-state index in [0.29, 0.717) is 11.3 Å². The highest BCUT2D eigenvalue weighted by Gasteiger charge is 2.22. The van der Waals surface area contributed by atoms with Gasteiger partial charge in [-0.15, -0.1) is 0 Å². The molecule has 0 aliphatic carbocycles. The Morgan fingerprint density at radius 2 is 1.74 bits per heavy atom. The maximum absolute atomic E-state index is 12.8. The van der Waals surface area contributed by atoms with Crippen LogP contribution in [0.1, 0.15) is 39.8 Å². The zero-order valence-corrected chi connectivity index (χ0v) is 15.0. The maximum atomic E-state index is 12.8. The number of non-ortho nitro benzene ring substituents is 1. The topological polar surface area (TPSA) is 82.6 Å². The van der Waals surface area contributed by atoms with Crippen LogP contribution in [0.4, 0.5) is 5.69 Å². The van der Waals surface area contributed by atoms with E-state index in [2.05, 4.69) is 0 Å². The molecule has 0 bridgehead atoms. The number of hydrogen-bond donors (Lipinski definition) is 0. The number of ether oxygens (including phenoxy) is 1. The largest absolute Gasteiger partial charge is 0.497 e. The van der Waals surface area contributed by atoms with Crippen LogP contribution in [0, 0.1) is 17.0 Å². The molecule has 0 aliphatic rings. The molecular weight excluding hydrogens is 346 g/mol.